The zero-order chi connectivity index (χ0) is 31.2. The van der Waals surface area contributed by atoms with Crippen molar-refractivity contribution in [3.63, 3.8) is 0 Å². The van der Waals surface area contributed by atoms with Crippen LogP contribution >= 0.6 is 15.9 Å². The maximum absolute atomic E-state index is 14.1. The van der Waals surface area contributed by atoms with Crippen LogP contribution in [-0.4, -0.2) is 33.7 Å². The van der Waals surface area contributed by atoms with E-state index >= 15 is 0 Å². The summed E-state index contributed by atoms with van der Waals surface area (Å²) < 4.78 is 11.9. The van der Waals surface area contributed by atoms with Gasteiger partial charge in [-0.05, 0) is 29.8 Å². The summed E-state index contributed by atoms with van der Waals surface area (Å²) in [6, 6.07) is 30.0. The van der Waals surface area contributed by atoms with Crippen molar-refractivity contribution < 1.29 is 38.9 Å². The fourth-order valence-corrected chi connectivity index (χ4v) is 4.70. The molecule has 0 radical (unpaired) electrons. The Morgan fingerprint density at radius 2 is 1.02 bits per heavy atom. The predicted molar refractivity (Wildman–Crippen MR) is 164 cm³/mol. The van der Waals surface area contributed by atoms with Crippen LogP contribution in [0.5, 0.6) is 17.2 Å². The maximum atomic E-state index is 14.1. The minimum Gasteiger partial charge on any atom is -0.504 e. The minimum absolute atomic E-state index is 0.0506. The summed E-state index contributed by atoms with van der Waals surface area (Å²) in [6.07, 6.45) is 0. The molecular weight excluding hydrogens is 628 g/mol. The van der Waals surface area contributed by atoms with Gasteiger partial charge in [0.2, 0.25) is 5.75 Å². The van der Waals surface area contributed by atoms with Gasteiger partial charge in [0.15, 0.2) is 23.1 Å². The predicted octanol–water partition coefficient (Wildman–Crippen LogP) is 6.90. The average Bonchev–Trinajstić information content (AvgIpc) is 3.06. The molecule has 44 heavy (non-hydrogen) atoms. The molecule has 0 atom stereocenters. The normalized spacial score (nSPS) is 10.6. The van der Waals surface area contributed by atoms with Gasteiger partial charge >= 0.3 is 11.9 Å². The van der Waals surface area contributed by atoms with Crippen molar-refractivity contribution in [1.82, 2.24) is 0 Å². The van der Waals surface area contributed by atoms with Crippen molar-refractivity contribution in [2.75, 3.05) is 0 Å². The second kappa shape index (κ2) is 13.2. The molecule has 0 aliphatic heterocycles. The van der Waals surface area contributed by atoms with E-state index in [4.69, 9.17) is 9.47 Å². The first-order chi connectivity index (χ1) is 21.3. The standard InChI is InChI=1S/C35H23BrO8/c36-25-18-16-21(17-19-25)20-43-35(42)26-27(29(37)22-10-4-1-5-11-22)31(39)32(40)33(44-34(41)24-14-8-3-9-15-24)28(26)30(38)23-12-6-2-7-13-23/h1-19,39-40H,20H2. The molecule has 0 amide bonds. The van der Waals surface area contributed by atoms with Gasteiger partial charge in [-0.25, -0.2) is 9.59 Å². The smallest absolute Gasteiger partial charge is 0.343 e. The topological polar surface area (TPSA) is 127 Å². The first-order valence-corrected chi connectivity index (χ1v) is 14.1. The third kappa shape index (κ3) is 6.28. The van der Waals surface area contributed by atoms with Crippen LogP contribution in [0.2, 0.25) is 0 Å². The van der Waals surface area contributed by atoms with Crippen molar-refractivity contribution in [2.45, 2.75) is 6.61 Å². The molecule has 0 aliphatic carbocycles. The van der Waals surface area contributed by atoms with Gasteiger partial charge in [-0.3, -0.25) is 9.59 Å². The Labute approximate surface area is 260 Å². The molecule has 218 valence electrons. The lowest BCUT2D eigenvalue weighted by Gasteiger charge is -2.20. The number of ketones is 2. The minimum atomic E-state index is -1.17. The number of carbonyl (C=O) groups excluding carboxylic acids is 4. The Morgan fingerprint density at radius 3 is 1.55 bits per heavy atom. The molecule has 0 saturated heterocycles. The van der Waals surface area contributed by atoms with Crippen LogP contribution in [0.25, 0.3) is 0 Å². The first kappa shape index (κ1) is 29.9. The number of phenolic OH excluding ortho intramolecular Hbond substituents is 2. The van der Waals surface area contributed by atoms with Crippen LogP contribution < -0.4 is 4.74 Å². The number of halogens is 1. The van der Waals surface area contributed by atoms with Crippen LogP contribution in [0.3, 0.4) is 0 Å². The number of hydrogen-bond donors (Lipinski definition) is 2. The number of aromatic hydroxyl groups is 2. The molecule has 5 aromatic carbocycles. The van der Waals surface area contributed by atoms with Gasteiger partial charge in [0, 0.05) is 15.6 Å². The number of phenols is 2. The summed E-state index contributed by atoms with van der Waals surface area (Å²) >= 11 is 3.34. The Hall–Kier alpha value is -5.54. The van der Waals surface area contributed by atoms with Gasteiger partial charge in [-0.15, -0.1) is 0 Å². The first-order valence-electron chi connectivity index (χ1n) is 13.3. The number of rotatable bonds is 9. The highest BCUT2D eigenvalue weighted by Crippen LogP contribution is 2.46. The second-order valence-corrected chi connectivity index (χ2v) is 10.4. The molecule has 5 rings (SSSR count). The number of hydrogen-bond acceptors (Lipinski definition) is 8. The molecule has 2 N–H and O–H groups in total. The Bertz CT molecular complexity index is 1850. The van der Waals surface area contributed by atoms with E-state index in [-0.39, 0.29) is 23.3 Å². The fraction of sp³-hybridized carbons (Fsp3) is 0.0286. The SMILES string of the molecule is O=C(Oc1c(O)c(O)c(C(=O)c2ccccc2)c(C(=O)OCc2ccc(Br)cc2)c1C(=O)c1ccccc1)c1ccccc1. The summed E-state index contributed by atoms with van der Waals surface area (Å²) in [5, 5.41) is 22.4. The average molecular weight is 651 g/mol. The van der Waals surface area contributed by atoms with Crippen molar-refractivity contribution in [1.29, 1.82) is 0 Å². The van der Waals surface area contributed by atoms with Gasteiger partial charge in [0.25, 0.3) is 0 Å². The van der Waals surface area contributed by atoms with Crippen LogP contribution in [0.15, 0.2) is 120 Å². The van der Waals surface area contributed by atoms with E-state index in [1.807, 2.05) is 0 Å². The molecule has 0 spiro atoms. The zero-order valence-electron chi connectivity index (χ0n) is 22.9. The molecule has 8 nitrogen and oxygen atoms in total. The van der Waals surface area contributed by atoms with Crippen LogP contribution in [0, 0.1) is 0 Å². The molecule has 9 heteroatoms. The molecular formula is C35H23BrO8. The van der Waals surface area contributed by atoms with Gasteiger partial charge in [-0.2, -0.15) is 0 Å². The lowest BCUT2D eigenvalue weighted by molar-refractivity contribution is 0.0464. The highest BCUT2D eigenvalue weighted by molar-refractivity contribution is 9.10. The summed E-state index contributed by atoms with van der Waals surface area (Å²) in [5.74, 6) is -6.83. The van der Waals surface area contributed by atoms with Gasteiger partial charge in [0.05, 0.1) is 22.3 Å². The highest BCUT2D eigenvalue weighted by atomic mass is 79.9. The Balaban J connectivity index is 1.75. The summed E-state index contributed by atoms with van der Waals surface area (Å²) in [6.45, 7) is -0.259. The number of carbonyl (C=O) groups is 4. The number of esters is 2. The third-order valence-electron chi connectivity index (χ3n) is 6.62. The quantitative estimate of drug-likeness (QED) is 0.0763. The van der Waals surface area contributed by atoms with E-state index in [9.17, 15) is 29.4 Å². The second-order valence-electron chi connectivity index (χ2n) is 9.50. The van der Waals surface area contributed by atoms with E-state index in [0.717, 1.165) is 4.47 Å². The fourth-order valence-electron chi connectivity index (χ4n) is 4.44. The van der Waals surface area contributed by atoms with Crippen molar-refractivity contribution >= 4 is 39.4 Å². The van der Waals surface area contributed by atoms with Crippen molar-refractivity contribution in [2.24, 2.45) is 0 Å². The lowest BCUT2D eigenvalue weighted by Crippen LogP contribution is -2.21. The van der Waals surface area contributed by atoms with Crippen LogP contribution in [0.1, 0.15) is 58.1 Å². The number of benzene rings is 5. The molecule has 0 saturated carbocycles. The summed E-state index contributed by atoms with van der Waals surface area (Å²) in [4.78, 5) is 54.9. The molecule has 0 heterocycles. The molecule has 0 bridgehead atoms. The van der Waals surface area contributed by atoms with E-state index in [2.05, 4.69) is 15.9 Å². The van der Waals surface area contributed by atoms with E-state index in [0.29, 0.717) is 5.56 Å². The molecule has 0 aliphatic rings. The zero-order valence-corrected chi connectivity index (χ0v) is 24.5. The summed E-state index contributed by atoms with van der Waals surface area (Å²) in [7, 11) is 0. The molecule has 0 fully saturated rings. The monoisotopic (exact) mass is 650 g/mol. The third-order valence-corrected chi connectivity index (χ3v) is 7.15. The van der Waals surface area contributed by atoms with E-state index in [1.165, 1.54) is 36.4 Å². The lowest BCUT2D eigenvalue weighted by atomic mass is 9.88. The van der Waals surface area contributed by atoms with E-state index in [1.54, 1.807) is 78.9 Å². The molecule has 0 unspecified atom stereocenters. The largest absolute Gasteiger partial charge is 0.504 e. The van der Waals surface area contributed by atoms with Gasteiger partial charge in [0.1, 0.15) is 6.61 Å². The summed E-state index contributed by atoms with van der Waals surface area (Å²) in [5.41, 5.74) is -1.23. The van der Waals surface area contributed by atoms with Crippen LogP contribution in [-0.2, 0) is 11.3 Å². The Morgan fingerprint density at radius 1 is 0.545 bits per heavy atom. The van der Waals surface area contributed by atoms with Gasteiger partial charge in [-0.1, -0.05) is 107 Å². The molecule has 0 aromatic heterocycles. The van der Waals surface area contributed by atoms with E-state index < -0.39 is 57.4 Å². The highest BCUT2D eigenvalue weighted by Gasteiger charge is 2.37. The maximum Gasteiger partial charge on any atom is 0.343 e. The number of ether oxygens (including phenoxy) is 2. The molecule has 5 aromatic rings. The Kier molecular flexibility index (Phi) is 8.97. The van der Waals surface area contributed by atoms with Crippen molar-refractivity contribution in [3.05, 3.63) is 159 Å². The van der Waals surface area contributed by atoms with Crippen molar-refractivity contribution in [3.8, 4) is 17.2 Å². The van der Waals surface area contributed by atoms with Crippen LogP contribution in [0.4, 0.5) is 0 Å². The van der Waals surface area contributed by atoms with Gasteiger partial charge < -0.3 is 19.7 Å².